The fourth-order valence-corrected chi connectivity index (χ4v) is 1.57. The molecule has 0 amide bonds. The molecule has 1 aromatic rings. The Hall–Kier alpha value is 1.26. The fourth-order valence-electron chi connectivity index (χ4n) is 0.762. The van der Waals surface area contributed by atoms with Gasteiger partial charge in [-0.05, 0) is 24.6 Å². The molecule has 0 aliphatic heterocycles. The second-order valence-electron chi connectivity index (χ2n) is 2.16. The summed E-state index contributed by atoms with van der Waals surface area (Å²) in [5.41, 5.74) is 0.773. The van der Waals surface area contributed by atoms with Crippen molar-refractivity contribution in [3.63, 3.8) is 0 Å². The van der Waals surface area contributed by atoms with Crippen LogP contribution in [0.3, 0.4) is 0 Å². The summed E-state index contributed by atoms with van der Waals surface area (Å²) in [5.74, 6) is 0. The first-order chi connectivity index (χ1) is 5.11. The first-order valence-electron chi connectivity index (χ1n) is 2.98. The van der Waals surface area contributed by atoms with E-state index >= 15 is 0 Å². The van der Waals surface area contributed by atoms with Crippen LogP contribution in [0, 0.1) is 6.92 Å². The van der Waals surface area contributed by atoms with E-state index in [4.69, 9.17) is 16.2 Å². The van der Waals surface area contributed by atoms with Gasteiger partial charge in [0, 0.05) is 5.02 Å². The number of aryl methyl sites for hydroxylation is 1. The first-order valence-corrected chi connectivity index (χ1v) is 4.47. The van der Waals surface area contributed by atoms with Crippen molar-refractivity contribution < 1.29 is 8.76 Å². The minimum absolute atomic E-state index is 0. The molecule has 12 heavy (non-hydrogen) atoms. The van der Waals surface area contributed by atoms with Crippen LogP contribution in [-0.2, 0) is 11.1 Å². The van der Waals surface area contributed by atoms with Crippen LogP contribution in [0.4, 0.5) is 0 Å². The van der Waals surface area contributed by atoms with Crippen LogP contribution in [0.1, 0.15) is 5.56 Å². The van der Waals surface area contributed by atoms with Crippen LogP contribution in [0.15, 0.2) is 23.1 Å². The third kappa shape index (κ3) is 3.55. The maximum absolute atomic E-state index is 10.6. The van der Waals surface area contributed by atoms with Gasteiger partial charge >= 0.3 is 51.4 Å². The van der Waals surface area contributed by atoms with E-state index in [-0.39, 0.29) is 51.4 Å². The third-order valence-corrected chi connectivity index (χ3v) is 2.39. The molecule has 0 aliphatic carbocycles. The average molecular weight is 231 g/mol. The molecule has 1 aromatic carbocycles. The van der Waals surface area contributed by atoms with Crippen LogP contribution in [-0.4, -0.2) is 60.1 Å². The van der Waals surface area contributed by atoms with E-state index in [2.05, 4.69) is 0 Å². The van der Waals surface area contributed by atoms with Gasteiger partial charge in [-0.2, -0.15) is 0 Å². The van der Waals surface area contributed by atoms with Crippen molar-refractivity contribution in [2.75, 3.05) is 0 Å². The summed E-state index contributed by atoms with van der Waals surface area (Å²) in [6, 6.07) is 4.89. The second-order valence-corrected chi connectivity index (χ2v) is 3.53. The van der Waals surface area contributed by atoms with Crippen LogP contribution >= 0.6 is 11.6 Å². The van der Waals surface area contributed by atoms with Crippen LogP contribution in [0.2, 0.25) is 5.02 Å². The fraction of sp³-hybridized carbons (Fsp3) is 0.143. The van der Waals surface area contributed by atoms with Crippen LogP contribution < -0.4 is 0 Å². The summed E-state index contributed by atoms with van der Waals surface area (Å²) < 4.78 is 19.4. The summed E-state index contributed by atoms with van der Waals surface area (Å²) in [5, 5.41) is 0.480. The Balaban J connectivity index is 0.00000121. The molecule has 0 bridgehead atoms. The van der Waals surface area contributed by atoms with Gasteiger partial charge in [0.1, 0.15) is 0 Å². The van der Waals surface area contributed by atoms with E-state index in [9.17, 15) is 4.21 Å². The maximum atomic E-state index is 10.6. The molecule has 0 saturated heterocycles. The standard InChI is InChI=1S/C7H7ClO2S.K.H/c1-5-2-3-6(8)4-7(5)11(9)10;;/h2-4H,1H3,(H,9,10);;. The van der Waals surface area contributed by atoms with Gasteiger partial charge in [-0.15, -0.1) is 0 Å². The van der Waals surface area contributed by atoms with Gasteiger partial charge < -0.3 is 4.55 Å². The Morgan fingerprint density at radius 1 is 1.50 bits per heavy atom. The first kappa shape index (κ1) is 13.3. The molecule has 62 valence electrons. The Bertz CT molecular complexity index is 303. The van der Waals surface area contributed by atoms with Gasteiger partial charge in [-0.1, -0.05) is 17.7 Å². The van der Waals surface area contributed by atoms with Crippen molar-refractivity contribution in [3.05, 3.63) is 28.8 Å². The van der Waals surface area contributed by atoms with Gasteiger partial charge in [0.05, 0.1) is 4.90 Å². The molecule has 0 aromatic heterocycles. The van der Waals surface area contributed by atoms with E-state index in [0.29, 0.717) is 9.92 Å². The van der Waals surface area contributed by atoms with Gasteiger partial charge in [-0.3, -0.25) is 0 Å². The summed E-state index contributed by atoms with van der Waals surface area (Å²) in [4.78, 5) is 0.373. The number of halogens is 1. The molecule has 1 unspecified atom stereocenters. The molecule has 0 spiro atoms. The predicted octanol–water partition coefficient (Wildman–Crippen LogP) is 1.58. The zero-order chi connectivity index (χ0) is 8.43. The molecule has 1 atom stereocenters. The minimum atomic E-state index is -1.94. The third-order valence-electron chi connectivity index (χ3n) is 1.34. The van der Waals surface area contributed by atoms with Crippen molar-refractivity contribution in [2.24, 2.45) is 0 Å². The summed E-state index contributed by atoms with van der Waals surface area (Å²) in [7, 11) is 0. The van der Waals surface area contributed by atoms with Crippen molar-refractivity contribution in [1.82, 2.24) is 0 Å². The number of benzene rings is 1. The Morgan fingerprint density at radius 3 is 2.50 bits per heavy atom. The molecule has 0 fully saturated rings. The predicted molar refractivity (Wildman–Crippen MR) is 52.4 cm³/mol. The molecule has 0 aliphatic rings. The molecule has 0 radical (unpaired) electrons. The van der Waals surface area contributed by atoms with Gasteiger partial charge in [0.25, 0.3) is 0 Å². The normalized spacial score (nSPS) is 11.9. The van der Waals surface area contributed by atoms with E-state index in [0.717, 1.165) is 5.56 Å². The number of rotatable bonds is 1. The molecule has 2 nitrogen and oxygen atoms in total. The van der Waals surface area contributed by atoms with Crippen molar-refractivity contribution >= 4 is 74.1 Å². The number of hydrogen-bond donors (Lipinski definition) is 1. The quantitative estimate of drug-likeness (QED) is 0.588. The molecular weight excluding hydrogens is 223 g/mol. The van der Waals surface area contributed by atoms with Crippen LogP contribution in [0.25, 0.3) is 0 Å². The molecule has 0 heterocycles. The van der Waals surface area contributed by atoms with Gasteiger partial charge in [0.15, 0.2) is 11.1 Å². The van der Waals surface area contributed by atoms with Crippen LogP contribution in [0.5, 0.6) is 0 Å². The molecule has 0 saturated carbocycles. The molecule has 1 rings (SSSR count). The summed E-state index contributed by atoms with van der Waals surface area (Å²) in [6.07, 6.45) is 0. The Morgan fingerprint density at radius 2 is 2.08 bits per heavy atom. The van der Waals surface area contributed by atoms with Crippen molar-refractivity contribution in [1.29, 1.82) is 0 Å². The second kappa shape index (κ2) is 5.88. The van der Waals surface area contributed by atoms with E-state index < -0.39 is 11.1 Å². The topological polar surface area (TPSA) is 37.3 Å². The summed E-state index contributed by atoms with van der Waals surface area (Å²) in [6.45, 7) is 1.76. The zero-order valence-electron chi connectivity index (χ0n) is 5.87. The van der Waals surface area contributed by atoms with Gasteiger partial charge in [0.2, 0.25) is 0 Å². The average Bonchev–Trinajstić information content (AvgIpc) is 1.94. The van der Waals surface area contributed by atoms with E-state index in [1.807, 2.05) is 0 Å². The van der Waals surface area contributed by atoms with Crippen molar-refractivity contribution in [2.45, 2.75) is 11.8 Å². The molecular formula is C7H8ClKO2S. The SMILES string of the molecule is Cc1ccc(Cl)cc1S(=O)O.[KH]. The molecule has 5 heteroatoms. The monoisotopic (exact) mass is 230 g/mol. The van der Waals surface area contributed by atoms with Gasteiger partial charge in [-0.25, -0.2) is 4.21 Å². The zero-order valence-corrected chi connectivity index (χ0v) is 7.45. The molecule has 1 N–H and O–H groups in total. The Labute approximate surface area is 121 Å². The van der Waals surface area contributed by atoms with E-state index in [1.165, 1.54) is 6.07 Å². The Kier molecular flexibility index (Phi) is 6.49. The van der Waals surface area contributed by atoms with E-state index in [1.54, 1.807) is 19.1 Å². The van der Waals surface area contributed by atoms with Crippen molar-refractivity contribution in [3.8, 4) is 0 Å². The number of hydrogen-bond acceptors (Lipinski definition) is 1. The summed E-state index contributed by atoms with van der Waals surface area (Å²) >= 11 is 3.68.